The van der Waals surface area contributed by atoms with Crippen LogP contribution in [0.3, 0.4) is 0 Å². The van der Waals surface area contributed by atoms with Crippen molar-refractivity contribution in [1.29, 1.82) is 0 Å². The van der Waals surface area contributed by atoms with Crippen molar-refractivity contribution in [3.8, 4) is 0 Å². The first kappa shape index (κ1) is 11.6. The highest BCUT2D eigenvalue weighted by atomic mass is 16.5. The lowest BCUT2D eigenvalue weighted by atomic mass is 10.1. The number of benzene rings is 1. The van der Waals surface area contributed by atoms with E-state index in [0.717, 1.165) is 5.56 Å². The highest BCUT2D eigenvalue weighted by Crippen LogP contribution is 2.52. The molecule has 0 aliphatic heterocycles. The lowest BCUT2D eigenvalue weighted by Crippen LogP contribution is -2.44. The van der Waals surface area contributed by atoms with E-state index in [0.29, 0.717) is 6.42 Å². The molecule has 1 aromatic carbocycles. The minimum Gasteiger partial charge on any atom is -0.467 e. The maximum Gasteiger partial charge on any atom is 0.332 e. The van der Waals surface area contributed by atoms with Crippen LogP contribution in [-0.4, -0.2) is 24.5 Å². The second kappa shape index (κ2) is 4.20. The van der Waals surface area contributed by atoms with E-state index in [4.69, 9.17) is 4.74 Å². The van der Waals surface area contributed by atoms with Gasteiger partial charge in [-0.3, -0.25) is 4.79 Å². The van der Waals surface area contributed by atoms with Gasteiger partial charge in [-0.05, 0) is 12.0 Å². The van der Waals surface area contributed by atoms with Gasteiger partial charge in [-0.1, -0.05) is 30.3 Å². The Morgan fingerprint density at radius 3 is 2.53 bits per heavy atom. The molecule has 0 heterocycles. The minimum absolute atomic E-state index is 0.0139. The molecule has 4 nitrogen and oxygen atoms in total. The van der Waals surface area contributed by atoms with Crippen molar-refractivity contribution in [2.75, 3.05) is 7.11 Å². The second-order valence-electron chi connectivity index (χ2n) is 4.31. The molecule has 0 aromatic heterocycles. The summed E-state index contributed by atoms with van der Waals surface area (Å²) in [5.41, 5.74) is 0.189. The van der Waals surface area contributed by atoms with Gasteiger partial charge in [0.1, 0.15) is 5.54 Å². The summed E-state index contributed by atoms with van der Waals surface area (Å²) in [6.45, 7) is 1.41. The van der Waals surface area contributed by atoms with E-state index in [1.54, 1.807) is 0 Å². The molecule has 0 saturated heterocycles. The van der Waals surface area contributed by atoms with Crippen molar-refractivity contribution in [3.05, 3.63) is 35.9 Å². The van der Waals surface area contributed by atoms with Gasteiger partial charge >= 0.3 is 5.97 Å². The van der Waals surface area contributed by atoms with Crippen LogP contribution in [0.25, 0.3) is 0 Å². The SMILES string of the molecule is COC(=O)[C@]1(NC(C)=O)C[C@H]1c1ccccc1. The van der Waals surface area contributed by atoms with Gasteiger partial charge in [0.25, 0.3) is 0 Å². The van der Waals surface area contributed by atoms with E-state index < -0.39 is 5.54 Å². The molecule has 2 atom stereocenters. The third-order valence-corrected chi connectivity index (χ3v) is 3.11. The Kier molecular flexibility index (Phi) is 2.88. The van der Waals surface area contributed by atoms with E-state index >= 15 is 0 Å². The van der Waals surface area contributed by atoms with Gasteiger partial charge in [-0.25, -0.2) is 4.79 Å². The zero-order chi connectivity index (χ0) is 12.5. The molecule has 0 radical (unpaired) electrons. The molecule has 1 aliphatic rings. The predicted molar refractivity (Wildman–Crippen MR) is 62.4 cm³/mol. The van der Waals surface area contributed by atoms with Gasteiger partial charge in [0.05, 0.1) is 7.11 Å². The van der Waals surface area contributed by atoms with Crippen LogP contribution in [0.15, 0.2) is 30.3 Å². The summed E-state index contributed by atoms with van der Waals surface area (Å²) in [5, 5.41) is 2.72. The fraction of sp³-hybridized carbons (Fsp3) is 0.385. The van der Waals surface area contributed by atoms with Gasteiger partial charge in [0.2, 0.25) is 5.91 Å². The molecule has 1 aromatic rings. The summed E-state index contributed by atoms with van der Waals surface area (Å²) in [7, 11) is 1.34. The van der Waals surface area contributed by atoms with Crippen molar-refractivity contribution in [3.63, 3.8) is 0 Å². The molecule has 1 saturated carbocycles. The average molecular weight is 233 g/mol. The van der Waals surface area contributed by atoms with Gasteiger partial charge in [0, 0.05) is 12.8 Å². The second-order valence-corrected chi connectivity index (χ2v) is 4.31. The van der Waals surface area contributed by atoms with Crippen molar-refractivity contribution in [1.82, 2.24) is 5.32 Å². The standard InChI is InChI=1S/C13H15NO3/c1-9(15)14-13(12(16)17-2)8-11(13)10-6-4-3-5-7-10/h3-7,11H,8H2,1-2H3,(H,14,15)/t11-,13-/m0/s1. The van der Waals surface area contributed by atoms with Crippen LogP contribution in [-0.2, 0) is 14.3 Å². The van der Waals surface area contributed by atoms with Crippen LogP contribution in [0.1, 0.15) is 24.8 Å². The zero-order valence-electron chi connectivity index (χ0n) is 9.90. The van der Waals surface area contributed by atoms with E-state index in [9.17, 15) is 9.59 Å². The largest absolute Gasteiger partial charge is 0.467 e. The Morgan fingerprint density at radius 2 is 2.00 bits per heavy atom. The molecule has 0 bridgehead atoms. The fourth-order valence-electron chi connectivity index (χ4n) is 2.26. The third kappa shape index (κ3) is 2.02. The van der Waals surface area contributed by atoms with Gasteiger partial charge in [-0.15, -0.1) is 0 Å². The van der Waals surface area contributed by atoms with Crippen LogP contribution in [0.5, 0.6) is 0 Å². The molecule has 0 spiro atoms. The van der Waals surface area contributed by atoms with Crippen molar-refractivity contribution >= 4 is 11.9 Å². The summed E-state index contributed by atoms with van der Waals surface area (Å²) in [6, 6.07) is 9.67. The van der Waals surface area contributed by atoms with Crippen LogP contribution in [0, 0.1) is 0 Å². The average Bonchev–Trinajstić information content (AvgIpc) is 3.04. The molecule has 1 amide bonds. The number of rotatable bonds is 3. The number of amides is 1. The molecule has 90 valence electrons. The summed E-state index contributed by atoms with van der Waals surface area (Å²) in [5.74, 6) is -0.574. The highest BCUT2D eigenvalue weighted by molar-refractivity contribution is 5.92. The molecule has 1 aliphatic carbocycles. The lowest BCUT2D eigenvalue weighted by molar-refractivity contribution is -0.146. The van der Waals surface area contributed by atoms with Crippen molar-refractivity contribution in [2.45, 2.75) is 24.8 Å². The number of methoxy groups -OCH3 is 1. The molecule has 0 unspecified atom stereocenters. The molecular formula is C13H15NO3. The van der Waals surface area contributed by atoms with Gasteiger partial charge < -0.3 is 10.1 Å². The van der Waals surface area contributed by atoms with Gasteiger partial charge in [0.15, 0.2) is 0 Å². The third-order valence-electron chi connectivity index (χ3n) is 3.11. The molecular weight excluding hydrogens is 218 g/mol. The van der Waals surface area contributed by atoms with Gasteiger partial charge in [-0.2, -0.15) is 0 Å². The van der Waals surface area contributed by atoms with E-state index in [1.807, 2.05) is 30.3 Å². The molecule has 2 rings (SSSR count). The normalized spacial score (nSPS) is 26.1. The maximum atomic E-state index is 11.8. The summed E-state index contributed by atoms with van der Waals surface area (Å²) in [4.78, 5) is 23.0. The zero-order valence-corrected chi connectivity index (χ0v) is 9.90. The number of nitrogens with one attached hydrogen (secondary N) is 1. The Bertz CT molecular complexity index is 443. The monoisotopic (exact) mass is 233 g/mol. The first-order chi connectivity index (χ1) is 8.10. The van der Waals surface area contributed by atoms with E-state index in [1.165, 1.54) is 14.0 Å². The lowest BCUT2D eigenvalue weighted by Gasteiger charge is -2.15. The number of esters is 1. The first-order valence-electron chi connectivity index (χ1n) is 5.52. The van der Waals surface area contributed by atoms with Crippen molar-refractivity contribution < 1.29 is 14.3 Å². The number of carbonyl (C=O) groups is 2. The Morgan fingerprint density at radius 1 is 1.35 bits per heavy atom. The summed E-state index contributed by atoms with van der Waals surface area (Å²) < 4.78 is 4.78. The number of carbonyl (C=O) groups excluding carboxylic acids is 2. The maximum absolute atomic E-state index is 11.8. The predicted octanol–water partition coefficient (Wildman–Crippen LogP) is 1.22. The Hall–Kier alpha value is -1.84. The number of ether oxygens (including phenoxy) is 1. The Balaban J connectivity index is 2.23. The molecule has 4 heteroatoms. The number of hydrogen-bond acceptors (Lipinski definition) is 3. The highest BCUT2D eigenvalue weighted by Gasteiger charge is 2.62. The number of hydrogen-bond donors (Lipinski definition) is 1. The van der Waals surface area contributed by atoms with E-state index in [-0.39, 0.29) is 17.8 Å². The quantitative estimate of drug-likeness (QED) is 0.799. The Labute approximate surface area is 100.0 Å². The van der Waals surface area contributed by atoms with Crippen molar-refractivity contribution in [2.24, 2.45) is 0 Å². The summed E-state index contributed by atoms with van der Waals surface area (Å²) in [6.07, 6.45) is 0.600. The molecule has 1 fully saturated rings. The molecule has 1 N–H and O–H groups in total. The molecule has 17 heavy (non-hydrogen) atoms. The van der Waals surface area contributed by atoms with E-state index in [2.05, 4.69) is 5.32 Å². The minimum atomic E-state index is -0.859. The summed E-state index contributed by atoms with van der Waals surface area (Å²) >= 11 is 0. The van der Waals surface area contributed by atoms with Crippen LogP contribution >= 0.6 is 0 Å². The first-order valence-corrected chi connectivity index (χ1v) is 5.52. The smallest absolute Gasteiger partial charge is 0.332 e. The van der Waals surface area contributed by atoms with Crippen LogP contribution in [0.4, 0.5) is 0 Å². The van der Waals surface area contributed by atoms with Crippen LogP contribution in [0.2, 0.25) is 0 Å². The topological polar surface area (TPSA) is 55.4 Å². The van der Waals surface area contributed by atoms with Crippen LogP contribution < -0.4 is 5.32 Å². The fourth-order valence-corrected chi connectivity index (χ4v) is 2.26.